The normalized spacial score (nSPS) is 18.1. The molecule has 1 aromatic carbocycles. The minimum Gasteiger partial charge on any atom is -0.354 e. The molecule has 18 heavy (non-hydrogen) atoms. The van der Waals surface area contributed by atoms with Crippen LogP contribution in [0.15, 0.2) is 30.3 Å². The van der Waals surface area contributed by atoms with Gasteiger partial charge in [-0.1, -0.05) is 30.3 Å². The fourth-order valence-electron chi connectivity index (χ4n) is 2.11. The molecule has 98 valence electrons. The summed E-state index contributed by atoms with van der Waals surface area (Å²) >= 11 is 0. The average Bonchev–Trinajstić information content (AvgIpc) is 3.22. The molecule has 1 aliphatic carbocycles. The zero-order chi connectivity index (χ0) is 13.0. The first-order chi connectivity index (χ1) is 8.72. The van der Waals surface area contributed by atoms with Crippen LogP contribution in [-0.2, 0) is 4.79 Å². The SMILES string of the molecule is NCC(C(=O)NCC(N)C1CC1)c1ccccc1. The molecule has 0 heterocycles. The molecule has 1 saturated carbocycles. The molecule has 1 aromatic rings. The van der Waals surface area contributed by atoms with Crippen LogP contribution >= 0.6 is 0 Å². The molecule has 0 bridgehead atoms. The van der Waals surface area contributed by atoms with Crippen molar-refractivity contribution in [3.05, 3.63) is 35.9 Å². The molecule has 1 aliphatic rings. The van der Waals surface area contributed by atoms with Crippen molar-refractivity contribution in [3.63, 3.8) is 0 Å². The smallest absolute Gasteiger partial charge is 0.228 e. The van der Waals surface area contributed by atoms with Crippen molar-refractivity contribution in [1.29, 1.82) is 0 Å². The van der Waals surface area contributed by atoms with Crippen LogP contribution in [0.4, 0.5) is 0 Å². The minimum atomic E-state index is -0.280. The van der Waals surface area contributed by atoms with Gasteiger partial charge in [-0.15, -0.1) is 0 Å². The van der Waals surface area contributed by atoms with Crippen LogP contribution < -0.4 is 16.8 Å². The van der Waals surface area contributed by atoms with Gasteiger partial charge in [0.05, 0.1) is 5.92 Å². The van der Waals surface area contributed by atoms with E-state index in [4.69, 9.17) is 11.5 Å². The first-order valence-electron chi connectivity index (χ1n) is 6.50. The Labute approximate surface area is 108 Å². The maximum absolute atomic E-state index is 12.1. The fourth-order valence-corrected chi connectivity index (χ4v) is 2.11. The highest BCUT2D eigenvalue weighted by molar-refractivity contribution is 5.83. The third kappa shape index (κ3) is 3.31. The van der Waals surface area contributed by atoms with Crippen LogP contribution in [0.25, 0.3) is 0 Å². The number of amides is 1. The standard InChI is InChI=1S/C14H21N3O/c15-8-12(10-4-2-1-3-5-10)14(18)17-9-13(16)11-6-7-11/h1-5,11-13H,6-9,15-16H2,(H,17,18). The minimum absolute atomic E-state index is 0.0280. The van der Waals surface area contributed by atoms with E-state index < -0.39 is 0 Å². The van der Waals surface area contributed by atoms with Gasteiger partial charge in [0.2, 0.25) is 5.91 Å². The molecular formula is C14H21N3O. The Morgan fingerprint density at radius 3 is 2.56 bits per heavy atom. The van der Waals surface area contributed by atoms with Gasteiger partial charge in [0.25, 0.3) is 0 Å². The molecule has 0 aliphatic heterocycles. The third-order valence-corrected chi connectivity index (χ3v) is 3.49. The van der Waals surface area contributed by atoms with Gasteiger partial charge in [0.1, 0.15) is 0 Å². The topological polar surface area (TPSA) is 81.1 Å². The number of rotatable bonds is 6. The predicted molar refractivity (Wildman–Crippen MR) is 71.9 cm³/mol. The zero-order valence-corrected chi connectivity index (χ0v) is 10.5. The molecule has 5 N–H and O–H groups in total. The number of hydrogen-bond donors (Lipinski definition) is 3. The summed E-state index contributed by atoms with van der Waals surface area (Å²) in [5.41, 5.74) is 12.6. The van der Waals surface area contributed by atoms with Crippen molar-refractivity contribution in [2.45, 2.75) is 24.8 Å². The molecule has 4 heteroatoms. The number of nitrogens with two attached hydrogens (primary N) is 2. The van der Waals surface area contributed by atoms with E-state index in [1.165, 1.54) is 12.8 Å². The Morgan fingerprint density at radius 1 is 1.33 bits per heavy atom. The number of carbonyl (C=O) groups excluding carboxylic acids is 1. The number of benzene rings is 1. The summed E-state index contributed by atoms with van der Waals surface area (Å²) in [4.78, 5) is 12.1. The predicted octanol–water partition coefficient (Wildman–Crippen LogP) is 0.582. The molecule has 0 saturated heterocycles. The highest BCUT2D eigenvalue weighted by atomic mass is 16.1. The summed E-state index contributed by atoms with van der Waals surface area (Å²) in [6.07, 6.45) is 2.38. The molecule has 2 atom stereocenters. The van der Waals surface area contributed by atoms with Crippen molar-refractivity contribution < 1.29 is 4.79 Å². The van der Waals surface area contributed by atoms with Crippen LogP contribution in [0.3, 0.4) is 0 Å². The molecular weight excluding hydrogens is 226 g/mol. The van der Waals surface area contributed by atoms with Crippen LogP contribution in [0.5, 0.6) is 0 Å². The maximum atomic E-state index is 12.1. The fraction of sp³-hybridized carbons (Fsp3) is 0.500. The molecule has 2 unspecified atom stereocenters. The lowest BCUT2D eigenvalue weighted by Gasteiger charge is -2.17. The van der Waals surface area contributed by atoms with Crippen LogP contribution in [0, 0.1) is 5.92 Å². The van der Waals surface area contributed by atoms with Crippen molar-refractivity contribution in [1.82, 2.24) is 5.32 Å². The summed E-state index contributed by atoms with van der Waals surface area (Å²) in [6.45, 7) is 0.862. The third-order valence-electron chi connectivity index (χ3n) is 3.49. The van der Waals surface area contributed by atoms with Gasteiger partial charge < -0.3 is 16.8 Å². The monoisotopic (exact) mass is 247 g/mol. The molecule has 4 nitrogen and oxygen atoms in total. The van der Waals surface area contributed by atoms with Gasteiger partial charge in [0.15, 0.2) is 0 Å². The Bertz CT molecular complexity index is 389. The zero-order valence-electron chi connectivity index (χ0n) is 10.5. The van der Waals surface area contributed by atoms with Crippen molar-refractivity contribution in [3.8, 4) is 0 Å². The number of nitrogens with one attached hydrogen (secondary N) is 1. The van der Waals surface area contributed by atoms with E-state index in [1.807, 2.05) is 30.3 Å². The molecule has 0 spiro atoms. The van der Waals surface area contributed by atoms with E-state index in [9.17, 15) is 4.79 Å². The van der Waals surface area contributed by atoms with Gasteiger partial charge in [0, 0.05) is 19.1 Å². The van der Waals surface area contributed by atoms with E-state index in [0.717, 1.165) is 5.56 Å². The lowest BCUT2D eigenvalue weighted by Crippen LogP contribution is -2.41. The summed E-state index contributed by atoms with van der Waals surface area (Å²) in [5, 5.41) is 2.91. The Hall–Kier alpha value is -1.39. The van der Waals surface area contributed by atoms with E-state index in [1.54, 1.807) is 0 Å². The molecule has 0 radical (unpaired) electrons. The quantitative estimate of drug-likeness (QED) is 0.688. The van der Waals surface area contributed by atoms with Gasteiger partial charge in [-0.3, -0.25) is 4.79 Å². The Kier molecular flexibility index (Phi) is 4.33. The largest absolute Gasteiger partial charge is 0.354 e. The van der Waals surface area contributed by atoms with Gasteiger partial charge >= 0.3 is 0 Å². The van der Waals surface area contributed by atoms with E-state index in [0.29, 0.717) is 19.0 Å². The highest BCUT2D eigenvalue weighted by Crippen LogP contribution is 2.31. The van der Waals surface area contributed by atoms with Gasteiger partial charge in [-0.25, -0.2) is 0 Å². The van der Waals surface area contributed by atoms with Crippen LogP contribution in [0.1, 0.15) is 24.3 Å². The van der Waals surface area contributed by atoms with Crippen molar-refractivity contribution in [2.24, 2.45) is 17.4 Å². The Balaban J connectivity index is 1.89. The second kappa shape index (κ2) is 5.98. The number of hydrogen-bond acceptors (Lipinski definition) is 3. The molecule has 0 aromatic heterocycles. The van der Waals surface area contributed by atoms with Crippen LogP contribution in [-0.4, -0.2) is 25.0 Å². The average molecular weight is 247 g/mol. The molecule has 2 rings (SSSR count). The van der Waals surface area contributed by atoms with Crippen molar-refractivity contribution >= 4 is 5.91 Å². The van der Waals surface area contributed by atoms with Gasteiger partial charge in [-0.05, 0) is 24.3 Å². The van der Waals surface area contributed by atoms with E-state index in [-0.39, 0.29) is 17.9 Å². The van der Waals surface area contributed by atoms with Crippen LogP contribution in [0.2, 0.25) is 0 Å². The Morgan fingerprint density at radius 2 is 2.00 bits per heavy atom. The first-order valence-corrected chi connectivity index (χ1v) is 6.50. The summed E-state index contributed by atoms with van der Waals surface area (Å²) in [5.74, 6) is 0.288. The first kappa shape index (κ1) is 13.1. The lowest BCUT2D eigenvalue weighted by atomic mass is 9.98. The van der Waals surface area contributed by atoms with E-state index >= 15 is 0 Å². The number of carbonyl (C=O) groups is 1. The van der Waals surface area contributed by atoms with E-state index in [2.05, 4.69) is 5.32 Å². The van der Waals surface area contributed by atoms with Crippen molar-refractivity contribution in [2.75, 3.05) is 13.1 Å². The molecule has 1 fully saturated rings. The summed E-state index contributed by atoms with van der Waals surface area (Å²) < 4.78 is 0. The summed E-state index contributed by atoms with van der Waals surface area (Å²) in [6, 6.07) is 9.71. The maximum Gasteiger partial charge on any atom is 0.228 e. The molecule has 1 amide bonds. The lowest BCUT2D eigenvalue weighted by molar-refractivity contribution is -0.122. The highest BCUT2D eigenvalue weighted by Gasteiger charge is 2.29. The van der Waals surface area contributed by atoms with Gasteiger partial charge in [-0.2, -0.15) is 0 Å². The summed E-state index contributed by atoms with van der Waals surface area (Å²) in [7, 11) is 0. The second-order valence-electron chi connectivity index (χ2n) is 4.95. The second-order valence-corrected chi connectivity index (χ2v) is 4.95.